The zero-order chi connectivity index (χ0) is 26.7. The first-order valence-electron chi connectivity index (χ1n) is 12.1. The number of aryl methyl sites for hydroxylation is 1. The van der Waals surface area contributed by atoms with Crippen LogP contribution in [0.5, 0.6) is 0 Å². The number of carbonyl (C=O) groups is 2. The smallest absolute Gasteiger partial charge is 0.416 e. The van der Waals surface area contributed by atoms with Crippen molar-refractivity contribution in [2.24, 2.45) is 0 Å². The molecule has 1 saturated heterocycles. The van der Waals surface area contributed by atoms with Crippen LogP contribution in [-0.4, -0.2) is 35.7 Å². The number of amides is 2. The molecule has 1 heterocycles. The van der Waals surface area contributed by atoms with Crippen molar-refractivity contribution in [3.8, 4) is 0 Å². The van der Waals surface area contributed by atoms with Crippen LogP contribution in [0.15, 0.2) is 42.5 Å². The van der Waals surface area contributed by atoms with Crippen molar-refractivity contribution in [2.75, 3.05) is 23.0 Å². The molecule has 0 aliphatic carbocycles. The summed E-state index contributed by atoms with van der Waals surface area (Å²) in [5.74, 6) is -0.0958. The molecule has 1 fully saturated rings. The molecular formula is C27H34F3N3O3. The van der Waals surface area contributed by atoms with E-state index < -0.39 is 23.4 Å². The van der Waals surface area contributed by atoms with Crippen molar-refractivity contribution in [3.63, 3.8) is 0 Å². The lowest BCUT2D eigenvalue weighted by atomic mass is 10.1. The standard InChI is InChI=1S/C27H34F3N3O3/c1-19-17-23(13-14-24(19)33(20(2)34)31-15-7-6-8-16-31)32(25(35)36-26(3,4)5)18-21-9-11-22(12-10-21)27(28,29)30/h9-14,17H,6-8,15-16,18H2,1-5H3. The number of halogens is 3. The molecule has 36 heavy (non-hydrogen) atoms. The lowest BCUT2D eigenvalue weighted by Gasteiger charge is -2.37. The van der Waals surface area contributed by atoms with E-state index in [0.717, 1.165) is 55.7 Å². The number of alkyl halides is 3. The summed E-state index contributed by atoms with van der Waals surface area (Å²) in [7, 11) is 0. The number of carbonyl (C=O) groups excluding carboxylic acids is 2. The lowest BCUT2D eigenvalue weighted by Crippen LogP contribution is -2.48. The Morgan fingerprint density at radius 1 is 0.972 bits per heavy atom. The summed E-state index contributed by atoms with van der Waals surface area (Å²) < 4.78 is 44.5. The number of hydrogen-bond acceptors (Lipinski definition) is 4. The van der Waals surface area contributed by atoms with E-state index in [9.17, 15) is 22.8 Å². The van der Waals surface area contributed by atoms with Gasteiger partial charge in [-0.3, -0.25) is 9.69 Å². The number of hydrogen-bond donors (Lipinski definition) is 0. The molecule has 0 N–H and O–H groups in total. The lowest BCUT2D eigenvalue weighted by molar-refractivity contribution is -0.137. The van der Waals surface area contributed by atoms with Gasteiger partial charge < -0.3 is 4.74 Å². The molecule has 9 heteroatoms. The number of ether oxygens (including phenoxy) is 1. The summed E-state index contributed by atoms with van der Waals surface area (Å²) in [6, 6.07) is 10.0. The van der Waals surface area contributed by atoms with Gasteiger partial charge in [-0.05, 0) is 82.0 Å². The van der Waals surface area contributed by atoms with E-state index in [0.29, 0.717) is 11.3 Å². The molecule has 0 bridgehead atoms. The van der Waals surface area contributed by atoms with E-state index in [1.807, 2.05) is 11.9 Å². The SMILES string of the molecule is CC(=O)N(c1ccc(N(Cc2ccc(C(F)(F)F)cc2)C(=O)OC(C)(C)C)cc1C)N1CCCCC1. The number of nitrogens with zero attached hydrogens (tertiary/aromatic N) is 3. The van der Waals surface area contributed by atoms with E-state index in [1.54, 1.807) is 44.0 Å². The van der Waals surface area contributed by atoms with Gasteiger partial charge in [0.25, 0.3) is 0 Å². The van der Waals surface area contributed by atoms with E-state index in [1.165, 1.54) is 24.0 Å². The third kappa shape index (κ3) is 7.00. The molecule has 1 aliphatic rings. The topological polar surface area (TPSA) is 53.1 Å². The van der Waals surface area contributed by atoms with Gasteiger partial charge in [0.15, 0.2) is 0 Å². The molecule has 1 aliphatic heterocycles. The van der Waals surface area contributed by atoms with Gasteiger partial charge in [0.05, 0.1) is 17.8 Å². The maximum Gasteiger partial charge on any atom is 0.416 e. The zero-order valence-corrected chi connectivity index (χ0v) is 21.5. The van der Waals surface area contributed by atoms with Crippen LogP contribution in [-0.2, 0) is 22.3 Å². The van der Waals surface area contributed by atoms with Crippen molar-refractivity contribution < 1.29 is 27.5 Å². The molecule has 0 atom stereocenters. The Hall–Kier alpha value is -3.07. The highest BCUT2D eigenvalue weighted by atomic mass is 19.4. The monoisotopic (exact) mass is 505 g/mol. The molecule has 0 aromatic heterocycles. The van der Waals surface area contributed by atoms with Crippen molar-refractivity contribution in [1.82, 2.24) is 5.01 Å². The van der Waals surface area contributed by atoms with Crippen LogP contribution in [0, 0.1) is 6.92 Å². The molecule has 0 saturated carbocycles. The number of anilines is 2. The van der Waals surface area contributed by atoms with Crippen LogP contribution in [0.4, 0.5) is 29.3 Å². The average Bonchev–Trinajstić information content (AvgIpc) is 2.78. The Kier molecular flexibility index (Phi) is 8.33. The van der Waals surface area contributed by atoms with E-state index in [-0.39, 0.29) is 12.5 Å². The minimum Gasteiger partial charge on any atom is -0.443 e. The summed E-state index contributed by atoms with van der Waals surface area (Å²) in [6.07, 6.45) is -1.89. The highest BCUT2D eigenvalue weighted by molar-refractivity contribution is 5.93. The molecule has 2 amide bonds. The molecule has 0 unspecified atom stereocenters. The van der Waals surface area contributed by atoms with Crippen LogP contribution >= 0.6 is 0 Å². The summed E-state index contributed by atoms with van der Waals surface area (Å²) in [5.41, 5.74) is 1.05. The van der Waals surface area contributed by atoms with Gasteiger partial charge in [-0.25, -0.2) is 14.8 Å². The maximum absolute atomic E-state index is 13.1. The molecule has 2 aromatic rings. The molecule has 0 radical (unpaired) electrons. The van der Waals surface area contributed by atoms with Crippen molar-refractivity contribution in [2.45, 2.75) is 72.2 Å². The Morgan fingerprint density at radius 3 is 2.08 bits per heavy atom. The van der Waals surface area contributed by atoms with E-state index >= 15 is 0 Å². The highest BCUT2D eigenvalue weighted by Gasteiger charge is 2.31. The van der Waals surface area contributed by atoms with Crippen LogP contribution in [0.2, 0.25) is 0 Å². The van der Waals surface area contributed by atoms with Crippen LogP contribution in [0.25, 0.3) is 0 Å². The van der Waals surface area contributed by atoms with Gasteiger partial charge >= 0.3 is 12.3 Å². The van der Waals surface area contributed by atoms with Gasteiger partial charge in [0.2, 0.25) is 5.91 Å². The molecule has 6 nitrogen and oxygen atoms in total. The third-order valence-electron chi connectivity index (χ3n) is 5.87. The van der Waals surface area contributed by atoms with Crippen LogP contribution in [0.1, 0.15) is 63.6 Å². The second-order valence-corrected chi connectivity index (χ2v) is 10.1. The van der Waals surface area contributed by atoms with Gasteiger partial charge in [-0.1, -0.05) is 18.6 Å². The summed E-state index contributed by atoms with van der Waals surface area (Å²) in [4.78, 5) is 27.1. The number of benzene rings is 2. The first-order valence-corrected chi connectivity index (χ1v) is 12.1. The summed E-state index contributed by atoms with van der Waals surface area (Å²) in [6.45, 7) is 10.2. The second kappa shape index (κ2) is 10.9. The largest absolute Gasteiger partial charge is 0.443 e. The first kappa shape index (κ1) is 27.5. The fourth-order valence-electron chi connectivity index (χ4n) is 4.20. The van der Waals surface area contributed by atoms with Gasteiger partial charge in [-0.15, -0.1) is 0 Å². The molecule has 196 valence electrons. The Bertz CT molecular complexity index is 1070. The van der Waals surface area contributed by atoms with Gasteiger partial charge in [0, 0.05) is 25.7 Å². The Morgan fingerprint density at radius 2 is 1.58 bits per heavy atom. The predicted molar refractivity (Wildman–Crippen MR) is 134 cm³/mol. The van der Waals surface area contributed by atoms with Crippen molar-refractivity contribution in [3.05, 3.63) is 59.2 Å². The third-order valence-corrected chi connectivity index (χ3v) is 5.87. The molecule has 0 spiro atoms. The highest BCUT2D eigenvalue weighted by Crippen LogP contribution is 2.32. The molecule has 3 rings (SSSR count). The fourth-order valence-corrected chi connectivity index (χ4v) is 4.20. The number of hydrazine groups is 1. The predicted octanol–water partition coefficient (Wildman–Crippen LogP) is 6.71. The van der Waals surface area contributed by atoms with E-state index in [4.69, 9.17) is 4.74 Å². The Labute approximate surface area is 210 Å². The van der Waals surface area contributed by atoms with Crippen LogP contribution in [0.3, 0.4) is 0 Å². The van der Waals surface area contributed by atoms with Crippen molar-refractivity contribution >= 4 is 23.4 Å². The second-order valence-electron chi connectivity index (χ2n) is 10.1. The van der Waals surface area contributed by atoms with Crippen LogP contribution < -0.4 is 9.91 Å². The zero-order valence-electron chi connectivity index (χ0n) is 21.5. The number of piperidine rings is 1. The van der Waals surface area contributed by atoms with E-state index in [2.05, 4.69) is 0 Å². The normalized spacial score (nSPS) is 14.9. The van der Waals surface area contributed by atoms with Crippen molar-refractivity contribution in [1.29, 1.82) is 0 Å². The maximum atomic E-state index is 13.1. The number of rotatable bonds is 5. The minimum absolute atomic E-state index is 0.0222. The molecule has 2 aromatic carbocycles. The summed E-state index contributed by atoms with van der Waals surface area (Å²) >= 11 is 0. The quantitative estimate of drug-likeness (QED) is 0.453. The summed E-state index contributed by atoms with van der Waals surface area (Å²) in [5, 5.41) is 3.73. The fraction of sp³-hybridized carbons (Fsp3) is 0.481. The first-order chi connectivity index (χ1) is 16.8. The molecular weight excluding hydrogens is 471 g/mol. The van der Waals surface area contributed by atoms with Gasteiger partial charge in [0.1, 0.15) is 5.60 Å². The average molecular weight is 506 g/mol. The Balaban J connectivity index is 1.94. The minimum atomic E-state index is -4.44. The van der Waals surface area contributed by atoms with Gasteiger partial charge in [-0.2, -0.15) is 13.2 Å².